The largest absolute Gasteiger partial charge is 0.334 e. The molecule has 0 aromatic heterocycles. The zero-order valence-corrected chi connectivity index (χ0v) is 14.5. The number of hydrogen-bond donors (Lipinski definition) is 1. The Hall–Kier alpha value is -1.36. The van der Waals surface area contributed by atoms with E-state index < -0.39 is 11.8 Å². The van der Waals surface area contributed by atoms with Gasteiger partial charge in [-0.05, 0) is 53.4 Å². The Bertz CT molecular complexity index is 503. The van der Waals surface area contributed by atoms with Crippen LogP contribution in [-0.2, 0) is 9.59 Å². The molecular weight excluding hydrogens is 332 g/mol. The van der Waals surface area contributed by atoms with Gasteiger partial charge in [0.1, 0.15) is 0 Å². The topological polar surface area (TPSA) is 49.4 Å². The third-order valence-electron chi connectivity index (χ3n) is 3.13. The number of benzene rings is 1. The molecule has 0 bridgehead atoms. The maximum Gasteiger partial charge on any atom is 0.313 e. The number of carbonyl (C=O) groups is 2. The number of unbranched alkanes of at least 4 members (excludes halogenated alkanes) is 1. The van der Waals surface area contributed by atoms with Gasteiger partial charge in [-0.1, -0.05) is 26.3 Å². The molecule has 2 amide bonds. The molecule has 0 fully saturated rings. The van der Waals surface area contributed by atoms with Crippen LogP contribution in [0.4, 0.5) is 5.69 Å². The van der Waals surface area contributed by atoms with Gasteiger partial charge in [0.05, 0.1) is 5.69 Å². The molecule has 0 aliphatic rings. The lowest BCUT2D eigenvalue weighted by Crippen LogP contribution is -2.40. The summed E-state index contributed by atoms with van der Waals surface area (Å²) in [7, 11) is 0. The highest BCUT2D eigenvalue weighted by Crippen LogP contribution is 2.23. The molecule has 0 aliphatic heterocycles. The molecule has 0 spiro atoms. The first-order chi connectivity index (χ1) is 9.99. The Kier molecular flexibility index (Phi) is 7.43. The number of carbonyl (C=O) groups excluding carboxylic acids is 2. The summed E-state index contributed by atoms with van der Waals surface area (Å²) in [6, 6.07) is 5.59. The molecule has 0 saturated heterocycles. The fraction of sp³-hybridized carbons (Fsp3) is 0.500. The van der Waals surface area contributed by atoms with E-state index in [1.54, 1.807) is 11.0 Å². The molecule has 1 aromatic carbocycles. The van der Waals surface area contributed by atoms with Gasteiger partial charge in [-0.15, -0.1) is 0 Å². The van der Waals surface area contributed by atoms with Crippen molar-refractivity contribution in [3.63, 3.8) is 0 Å². The van der Waals surface area contributed by atoms with Gasteiger partial charge in [0, 0.05) is 17.6 Å². The van der Waals surface area contributed by atoms with Gasteiger partial charge in [0.25, 0.3) is 0 Å². The van der Waals surface area contributed by atoms with E-state index in [0.29, 0.717) is 18.8 Å². The quantitative estimate of drug-likeness (QED) is 0.791. The number of anilines is 1. The smallest absolute Gasteiger partial charge is 0.313 e. The van der Waals surface area contributed by atoms with Crippen molar-refractivity contribution in [2.75, 3.05) is 18.4 Å². The van der Waals surface area contributed by atoms with Crippen molar-refractivity contribution in [3.05, 3.63) is 28.2 Å². The lowest BCUT2D eigenvalue weighted by molar-refractivity contribution is -0.143. The summed E-state index contributed by atoms with van der Waals surface area (Å²) in [4.78, 5) is 26.0. The normalized spacial score (nSPS) is 10.3. The number of nitrogens with zero attached hydrogens (tertiary/aromatic N) is 1. The molecule has 0 unspecified atom stereocenters. The van der Waals surface area contributed by atoms with Crippen molar-refractivity contribution in [3.8, 4) is 0 Å². The Labute approximate surface area is 135 Å². The average molecular weight is 355 g/mol. The number of amides is 2. The number of aryl methyl sites for hydroxylation is 1. The monoisotopic (exact) mass is 354 g/mol. The first-order valence-corrected chi connectivity index (χ1v) is 8.15. The highest BCUT2D eigenvalue weighted by molar-refractivity contribution is 9.10. The van der Waals surface area contributed by atoms with Gasteiger partial charge < -0.3 is 10.2 Å². The molecule has 0 aliphatic carbocycles. The number of nitrogens with one attached hydrogen (secondary N) is 1. The van der Waals surface area contributed by atoms with E-state index in [9.17, 15) is 9.59 Å². The molecule has 21 heavy (non-hydrogen) atoms. The average Bonchev–Trinajstić information content (AvgIpc) is 2.45. The summed E-state index contributed by atoms with van der Waals surface area (Å²) in [5.74, 6) is -1.04. The van der Waals surface area contributed by atoms with E-state index in [4.69, 9.17) is 0 Å². The Morgan fingerprint density at radius 2 is 1.90 bits per heavy atom. The molecule has 0 heterocycles. The van der Waals surface area contributed by atoms with E-state index in [0.717, 1.165) is 29.3 Å². The summed E-state index contributed by atoms with van der Waals surface area (Å²) in [6.07, 6.45) is 2.75. The first-order valence-electron chi connectivity index (χ1n) is 7.36. The molecule has 0 saturated carbocycles. The molecule has 5 heteroatoms. The third-order valence-corrected chi connectivity index (χ3v) is 3.79. The van der Waals surface area contributed by atoms with Gasteiger partial charge in [-0.2, -0.15) is 0 Å². The summed E-state index contributed by atoms with van der Waals surface area (Å²) in [6.45, 7) is 7.28. The SMILES string of the molecule is CCCCN(CCC)C(=O)C(=O)Nc1ccc(C)cc1Br. The zero-order valence-electron chi connectivity index (χ0n) is 12.9. The van der Waals surface area contributed by atoms with Crippen LogP contribution in [0.1, 0.15) is 38.7 Å². The number of halogens is 1. The van der Waals surface area contributed by atoms with Crippen molar-refractivity contribution in [1.29, 1.82) is 0 Å². The van der Waals surface area contributed by atoms with Gasteiger partial charge in [0.15, 0.2) is 0 Å². The van der Waals surface area contributed by atoms with Gasteiger partial charge in [0.2, 0.25) is 0 Å². The van der Waals surface area contributed by atoms with Crippen LogP contribution in [0.2, 0.25) is 0 Å². The minimum atomic E-state index is -0.580. The Morgan fingerprint density at radius 1 is 1.19 bits per heavy atom. The zero-order chi connectivity index (χ0) is 15.8. The van der Waals surface area contributed by atoms with Gasteiger partial charge >= 0.3 is 11.8 Å². The number of rotatable bonds is 6. The van der Waals surface area contributed by atoms with Crippen molar-refractivity contribution in [2.24, 2.45) is 0 Å². The van der Waals surface area contributed by atoms with Crippen molar-refractivity contribution in [2.45, 2.75) is 40.0 Å². The minimum Gasteiger partial charge on any atom is -0.334 e. The van der Waals surface area contributed by atoms with E-state index in [-0.39, 0.29) is 0 Å². The van der Waals surface area contributed by atoms with Crippen LogP contribution >= 0.6 is 15.9 Å². The van der Waals surface area contributed by atoms with Crippen molar-refractivity contribution >= 4 is 33.4 Å². The van der Waals surface area contributed by atoms with E-state index >= 15 is 0 Å². The fourth-order valence-electron chi connectivity index (χ4n) is 1.97. The molecule has 1 N–H and O–H groups in total. The summed E-state index contributed by atoms with van der Waals surface area (Å²) in [5, 5.41) is 2.68. The summed E-state index contributed by atoms with van der Waals surface area (Å²) in [5.41, 5.74) is 1.70. The van der Waals surface area contributed by atoms with Gasteiger partial charge in [-0.25, -0.2) is 0 Å². The molecule has 116 valence electrons. The summed E-state index contributed by atoms with van der Waals surface area (Å²) >= 11 is 3.39. The fourth-order valence-corrected chi connectivity index (χ4v) is 2.57. The number of hydrogen-bond acceptors (Lipinski definition) is 2. The molecule has 4 nitrogen and oxygen atoms in total. The molecule has 1 rings (SSSR count). The molecule has 0 radical (unpaired) electrons. The highest BCUT2D eigenvalue weighted by atomic mass is 79.9. The third kappa shape index (κ3) is 5.50. The maximum absolute atomic E-state index is 12.2. The Balaban J connectivity index is 2.73. The standard InChI is InChI=1S/C16H23BrN2O2/c1-4-6-10-19(9-5-2)16(21)15(20)18-14-8-7-12(3)11-13(14)17/h7-8,11H,4-6,9-10H2,1-3H3,(H,18,20). The second-order valence-electron chi connectivity index (χ2n) is 5.08. The van der Waals surface area contributed by atoms with Crippen LogP contribution in [0.3, 0.4) is 0 Å². The molecule has 1 aromatic rings. The highest BCUT2D eigenvalue weighted by Gasteiger charge is 2.21. The second kappa shape index (κ2) is 8.82. The lowest BCUT2D eigenvalue weighted by atomic mass is 10.2. The van der Waals surface area contributed by atoms with Crippen LogP contribution in [0.25, 0.3) is 0 Å². The van der Waals surface area contributed by atoms with Crippen molar-refractivity contribution in [1.82, 2.24) is 4.90 Å². The van der Waals surface area contributed by atoms with Crippen LogP contribution in [-0.4, -0.2) is 29.8 Å². The molecule has 0 atom stereocenters. The van der Waals surface area contributed by atoms with E-state index in [1.807, 2.05) is 26.0 Å². The predicted octanol–water partition coefficient (Wildman–Crippen LogP) is 3.73. The second-order valence-corrected chi connectivity index (χ2v) is 5.94. The van der Waals surface area contributed by atoms with Crippen LogP contribution in [0.15, 0.2) is 22.7 Å². The van der Waals surface area contributed by atoms with Crippen LogP contribution < -0.4 is 5.32 Å². The minimum absolute atomic E-state index is 0.460. The lowest BCUT2D eigenvalue weighted by Gasteiger charge is -2.21. The molecular formula is C16H23BrN2O2. The Morgan fingerprint density at radius 3 is 2.48 bits per heavy atom. The van der Waals surface area contributed by atoms with E-state index in [1.165, 1.54) is 0 Å². The van der Waals surface area contributed by atoms with Crippen LogP contribution in [0, 0.1) is 6.92 Å². The van der Waals surface area contributed by atoms with E-state index in [2.05, 4.69) is 28.2 Å². The van der Waals surface area contributed by atoms with Crippen LogP contribution in [0.5, 0.6) is 0 Å². The predicted molar refractivity (Wildman–Crippen MR) is 89.3 cm³/mol. The maximum atomic E-state index is 12.2. The summed E-state index contributed by atoms with van der Waals surface area (Å²) < 4.78 is 0.777. The van der Waals surface area contributed by atoms with Crippen molar-refractivity contribution < 1.29 is 9.59 Å². The van der Waals surface area contributed by atoms with Gasteiger partial charge in [-0.3, -0.25) is 9.59 Å². The first kappa shape index (κ1) is 17.7.